The highest BCUT2D eigenvalue weighted by Crippen LogP contribution is 2.39. The first-order valence-corrected chi connectivity index (χ1v) is 8.83. The molecule has 5 heteroatoms. The zero-order valence-electron chi connectivity index (χ0n) is 13.8. The Labute approximate surface area is 153 Å². The van der Waals surface area contributed by atoms with Crippen molar-refractivity contribution in [2.75, 3.05) is 0 Å². The number of benzene rings is 2. The van der Waals surface area contributed by atoms with Gasteiger partial charge in [-0.2, -0.15) is 0 Å². The minimum absolute atomic E-state index is 0.0369. The number of carbonyl (C=O) groups is 1. The number of primary amides is 1. The Balaban J connectivity index is 2.49. The van der Waals surface area contributed by atoms with Gasteiger partial charge >= 0.3 is 0 Å². The van der Waals surface area contributed by atoms with Crippen LogP contribution in [-0.2, 0) is 6.42 Å². The largest absolute Gasteiger partial charge is 0.365 e. The van der Waals surface area contributed by atoms with Crippen LogP contribution >= 0.6 is 22.6 Å². The van der Waals surface area contributed by atoms with Crippen LogP contribution in [0.3, 0.4) is 0 Å². The van der Waals surface area contributed by atoms with Crippen molar-refractivity contribution in [3.63, 3.8) is 0 Å². The zero-order valence-corrected chi connectivity index (χ0v) is 15.9. The molecule has 3 N–H and O–H groups in total. The third kappa shape index (κ3) is 2.51. The van der Waals surface area contributed by atoms with Crippen LogP contribution in [0, 0.1) is 23.2 Å². The summed E-state index contributed by atoms with van der Waals surface area (Å²) in [5, 5.41) is 0.986. The molecule has 0 aliphatic rings. The molecule has 0 aliphatic carbocycles. The molecule has 1 aromatic heterocycles. The molecule has 0 atom stereocenters. The Morgan fingerprint density at radius 2 is 2.00 bits per heavy atom. The predicted molar refractivity (Wildman–Crippen MR) is 104 cm³/mol. The third-order valence-corrected chi connectivity index (χ3v) is 5.25. The molecular formula is C19H18FIN2O. The number of halogens is 2. The summed E-state index contributed by atoms with van der Waals surface area (Å²) < 4.78 is 15.9. The molecule has 0 aliphatic heterocycles. The van der Waals surface area contributed by atoms with Crippen LogP contribution in [0.4, 0.5) is 4.39 Å². The third-order valence-electron chi connectivity index (χ3n) is 4.40. The molecular weight excluding hydrogens is 418 g/mol. The lowest BCUT2D eigenvalue weighted by Gasteiger charge is -2.15. The van der Waals surface area contributed by atoms with Gasteiger partial charge in [-0.05, 0) is 66.1 Å². The number of nitrogens with one attached hydrogen (secondary N) is 1. The summed E-state index contributed by atoms with van der Waals surface area (Å²) in [5.41, 5.74) is 10.4. The molecule has 2 aromatic carbocycles. The van der Waals surface area contributed by atoms with Gasteiger partial charge in [-0.1, -0.05) is 19.1 Å². The maximum absolute atomic E-state index is 15.3. The number of nitrogens with two attached hydrogens (primary N) is 1. The molecule has 0 unspecified atom stereocenters. The number of carbonyl (C=O) groups excluding carboxylic acids is 1. The van der Waals surface area contributed by atoms with Gasteiger partial charge in [-0.25, -0.2) is 4.39 Å². The number of aromatic amines is 1. The topological polar surface area (TPSA) is 58.9 Å². The minimum atomic E-state index is -0.741. The van der Waals surface area contributed by atoms with Crippen molar-refractivity contribution in [2.45, 2.75) is 27.2 Å². The van der Waals surface area contributed by atoms with Gasteiger partial charge in [0.1, 0.15) is 5.82 Å². The average Bonchev–Trinajstić information content (AvgIpc) is 2.83. The number of fused-ring (bicyclic) bond motifs is 1. The lowest BCUT2D eigenvalue weighted by Crippen LogP contribution is -2.16. The molecule has 0 bridgehead atoms. The van der Waals surface area contributed by atoms with E-state index in [1.165, 1.54) is 0 Å². The Bertz CT molecular complexity index is 975. The van der Waals surface area contributed by atoms with E-state index in [2.05, 4.69) is 4.98 Å². The predicted octanol–water partition coefficient (Wildman–Crippen LogP) is 4.86. The van der Waals surface area contributed by atoms with Crippen molar-refractivity contribution in [1.82, 2.24) is 4.98 Å². The first-order chi connectivity index (χ1) is 11.4. The monoisotopic (exact) mass is 436 g/mol. The minimum Gasteiger partial charge on any atom is -0.365 e. The summed E-state index contributed by atoms with van der Waals surface area (Å²) in [7, 11) is 0. The van der Waals surface area contributed by atoms with Crippen LogP contribution in [0.1, 0.15) is 34.1 Å². The molecule has 0 radical (unpaired) electrons. The van der Waals surface area contributed by atoms with E-state index in [4.69, 9.17) is 5.73 Å². The fourth-order valence-corrected chi connectivity index (χ4v) is 4.19. The van der Waals surface area contributed by atoms with E-state index in [1.807, 2.05) is 67.6 Å². The highest BCUT2D eigenvalue weighted by molar-refractivity contribution is 14.1. The standard InChI is InChI=1S/C19H18FIN2O/c1-4-11-8-12(21)17(19(22)24)18(20)16(11)15-10(3)23-13-7-5-6-9(2)14(13)15/h5-8,23H,4H2,1-3H3,(H2,22,24). The maximum atomic E-state index is 15.3. The second kappa shape index (κ2) is 6.20. The molecule has 0 spiro atoms. The van der Waals surface area contributed by atoms with Gasteiger partial charge in [0.05, 0.1) is 5.56 Å². The van der Waals surface area contributed by atoms with Gasteiger partial charge in [0.15, 0.2) is 0 Å². The molecule has 0 saturated heterocycles. The van der Waals surface area contributed by atoms with Crippen molar-refractivity contribution in [1.29, 1.82) is 0 Å². The Morgan fingerprint density at radius 3 is 2.62 bits per heavy atom. The first-order valence-electron chi connectivity index (χ1n) is 7.75. The van der Waals surface area contributed by atoms with Gasteiger partial charge in [-0.15, -0.1) is 0 Å². The van der Waals surface area contributed by atoms with Crippen molar-refractivity contribution >= 4 is 39.4 Å². The molecule has 3 nitrogen and oxygen atoms in total. The van der Waals surface area contributed by atoms with Gasteiger partial charge in [0.2, 0.25) is 0 Å². The van der Waals surface area contributed by atoms with Gasteiger partial charge < -0.3 is 10.7 Å². The second-order valence-corrected chi connectivity index (χ2v) is 7.08. The van der Waals surface area contributed by atoms with E-state index in [1.54, 1.807) is 0 Å². The van der Waals surface area contributed by atoms with Crippen LogP contribution in [0.2, 0.25) is 0 Å². The van der Waals surface area contributed by atoms with Gasteiger partial charge in [-0.3, -0.25) is 4.79 Å². The van der Waals surface area contributed by atoms with Crippen LogP contribution in [0.15, 0.2) is 24.3 Å². The summed E-state index contributed by atoms with van der Waals surface area (Å²) in [6.07, 6.45) is 0.666. The number of aromatic nitrogens is 1. The molecule has 24 heavy (non-hydrogen) atoms. The second-order valence-electron chi connectivity index (χ2n) is 5.92. The summed E-state index contributed by atoms with van der Waals surface area (Å²) in [5.74, 6) is -1.27. The van der Waals surface area contributed by atoms with Gasteiger partial charge in [0.25, 0.3) is 5.91 Å². The summed E-state index contributed by atoms with van der Waals surface area (Å²) in [6, 6.07) is 7.81. The summed E-state index contributed by atoms with van der Waals surface area (Å²) in [6.45, 7) is 5.91. The highest BCUT2D eigenvalue weighted by atomic mass is 127. The Hall–Kier alpha value is -1.89. The van der Waals surface area contributed by atoms with Crippen LogP contribution < -0.4 is 5.73 Å². The molecule has 3 rings (SSSR count). The lowest BCUT2D eigenvalue weighted by atomic mass is 9.91. The lowest BCUT2D eigenvalue weighted by molar-refractivity contribution is 0.0995. The van der Waals surface area contributed by atoms with E-state index in [-0.39, 0.29) is 5.56 Å². The van der Waals surface area contributed by atoms with E-state index >= 15 is 4.39 Å². The Morgan fingerprint density at radius 1 is 1.29 bits per heavy atom. The van der Waals surface area contributed by atoms with Crippen LogP contribution in [0.5, 0.6) is 0 Å². The fourth-order valence-electron chi connectivity index (χ4n) is 3.31. The SMILES string of the molecule is CCc1cc(I)c(C(N)=O)c(F)c1-c1c(C)[nH]c2cccc(C)c12. The molecule has 124 valence electrons. The maximum Gasteiger partial charge on any atom is 0.252 e. The number of rotatable bonds is 3. The van der Waals surface area contributed by atoms with Crippen molar-refractivity contribution < 1.29 is 9.18 Å². The summed E-state index contributed by atoms with van der Waals surface area (Å²) >= 11 is 1.97. The zero-order chi connectivity index (χ0) is 17.6. The number of H-pyrrole nitrogens is 1. The first kappa shape index (κ1) is 17.0. The van der Waals surface area contributed by atoms with Gasteiger partial charge in [0, 0.05) is 31.3 Å². The summed E-state index contributed by atoms with van der Waals surface area (Å²) in [4.78, 5) is 15.1. The van der Waals surface area contributed by atoms with E-state index in [0.717, 1.165) is 33.3 Å². The molecule has 0 fully saturated rings. The quantitative estimate of drug-likeness (QED) is 0.567. The number of hydrogen-bond acceptors (Lipinski definition) is 1. The number of amides is 1. The molecule has 0 saturated carbocycles. The molecule has 3 aromatic rings. The smallest absolute Gasteiger partial charge is 0.252 e. The average molecular weight is 436 g/mol. The number of hydrogen-bond donors (Lipinski definition) is 2. The van der Waals surface area contributed by atoms with Crippen molar-refractivity contribution in [3.05, 3.63) is 56.0 Å². The van der Waals surface area contributed by atoms with E-state index in [0.29, 0.717) is 15.6 Å². The van der Waals surface area contributed by atoms with Crippen LogP contribution in [-0.4, -0.2) is 10.9 Å². The molecule has 1 amide bonds. The molecule has 1 heterocycles. The fraction of sp³-hybridized carbons (Fsp3) is 0.211. The highest BCUT2D eigenvalue weighted by Gasteiger charge is 2.24. The van der Waals surface area contributed by atoms with Crippen molar-refractivity contribution in [2.24, 2.45) is 5.73 Å². The van der Waals surface area contributed by atoms with E-state index < -0.39 is 11.7 Å². The normalized spacial score (nSPS) is 11.2. The van der Waals surface area contributed by atoms with Crippen molar-refractivity contribution in [3.8, 4) is 11.1 Å². The number of aryl methyl sites for hydroxylation is 3. The van der Waals surface area contributed by atoms with E-state index in [9.17, 15) is 4.79 Å². The van der Waals surface area contributed by atoms with Crippen LogP contribution in [0.25, 0.3) is 22.0 Å². The Kier molecular flexibility index (Phi) is 4.38.